The fraction of sp³-hybridized carbons (Fsp3) is 0.415. The lowest BCUT2D eigenvalue weighted by molar-refractivity contribution is -0.111. The fourth-order valence-electron chi connectivity index (χ4n) is 6.60. The van der Waals surface area contributed by atoms with Crippen molar-refractivity contribution in [2.45, 2.75) is 46.3 Å². The Bertz CT molecular complexity index is 2130. The number of aromatic nitrogens is 2. The van der Waals surface area contributed by atoms with Gasteiger partial charge in [0.15, 0.2) is 0 Å². The summed E-state index contributed by atoms with van der Waals surface area (Å²) in [6, 6.07) is 10.4. The van der Waals surface area contributed by atoms with Gasteiger partial charge in [0.1, 0.15) is 22.9 Å². The first-order chi connectivity index (χ1) is 26.6. The van der Waals surface area contributed by atoms with Crippen molar-refractivity contribution >= 4 is 69.0 Å². The van der Waals surface area contributed by atoms with Crippen molar-refractivity contribution in [3.63, 3.8) is 0 Å². The summed E-state index contributed by atoms with van der Waals surface area (Å²) in [6.45, 7) is 16.5. The summed E-state index contributed by atoms with van der Waals surface area (Å²) in [4.78, 5) is 54.5. The lowest BCUT2D eigenvalue weighted by Crippen LogP contribution is -2.46. The minimum absolute atomic E-state index is 0.153. The molecule has 1 saturated heterocycles. The number of pyridine rings is 2. The molecule has 15 heteroatoms. The molecule has 2 amide bonds. The maximum Gasteiger partial charge on any atom is 0.420 e. The van der Waals surface area contributed by atoms with E-state index in [-0.39, 0.29) is 44.0 Å². The number of hydrogen-bond donors (Lipinski definition) is 1. The molecule has 0 atom stereocenters. The van der Waals surface area contributed by atoms with Gasteiger partial charge >= 0.3 is 6.09 Å². The second kappa shape index (κ2) is 18.0. The number of methoxy groups -OCH3 is 2. The molecular weight excluding hydrogens is 757 g/mol. The number of piperazine rings is 1. The first kappa shape index (κ1) is 42.3. The molecule has 0 unspecified atom stereocenters. The summed E-state index contributed by atoms with van der Waals surface area (Å²) in [5.41, 5.74) is 1.28. The number of ether oxygens (including phenoxy) is 3. The number of carbonyl (C=O) groups is 2. The van der Waals surface area contributed by atoms with Gasteiger partial charge in [-0.3, -0.25) is 9.59 Å². The first-order valence-electron chi connectivity index (χ1n) is 18.5. The predicted molar refractivity (Wildman–Crippen MR) is 226 cm³/mol. The molecule has 3 heterocycles. The summed E-state index contributed by atoms with van der Waals surface area (Å²) in [5.74, 6) is 0.287. The molecule has 0 bridgehead atoms. The van der Waals surface area contributed by atoms with E-state index >= 15 is 0 Å². The Morgan fingerprint density at radius 3 is 2.23 bits per heavy atom. The molecule has 1 N–H and O–H groups in total. The smallest absolute Gasteiger partial charge is 0.420 e. The molecule has 0 aliphatic carbocycles. The second-order valence-electron chi connectivity index (χ2n) is 14.7. The monoisotopic (exact) mass is 807 g/mol. The number of rotatable bonds is 13. The van der Waals surface area contributed by atoms with Crippen LogP contribution in [0.4, 0.5) is 27.7 Å². The number of nitrogens with zero attached hydrogens (tertiary/aromatic N) is 6. The van der Waals surface area contributed by atoms with Gasteiger partial charge in [-0.05, 0) is 84.7 Å². The van der Waals surface area contributed by atoms with Crippen molar-refractivity contribution in [3.05, 3.63) is 75.6 Å². The maximum absolute atomic E-state index is 14.6. The van der Waals surface area contributed by atoms with E-state index in [4.69, 9.17) is 42.4 Å². The van der Waals surface area contributed by atoms with Crippen LogP contribution in [0.2, 0.25) is 10.0 Å². The molecule has 1 fully saturated rings. The zero-order valence-corrected chi connectivity index (χ0v) is 34.9. The number of benzene rings is 2. The van der Waals surface area contributed by atoms with E-state index in [2.05, 4.69) is 28.6 Å². The van der Waals surface area contributed by atoms with Crippen LogP contribution in [0.25, 0.3) is 22.0 Å². The van der Waals surface area contributed by atoms with Crippen molar-refractivity contribution in [1.29, 1.82) is 0 Å². The zero-order valence-electron chi connectivity index (χ0n) is 33.4. The molecule has 2 aromatic heterocycles. The molecule has 2 aromatic carbocycles. The molecule has 5 rings (SSSR count). The van der Waals surface area contributed by atoms with Gasteiger partial charge < -0.3 is 38.8 Å². The van der Waals surface area contributed by atoms with Gasteiger partial charge in [0, 0.05) is 67.7 Å². The van der Waals surface area contributed by atoms with Gasteiger partial charge in [-0.1, -0.05) is 36.7 Å². The third-order valence-electron chi connectivity index (χ3n) is 9.45. The van der Waals surface area contributed by atoms with Crippen LogP contribution in [0.3, 0.4) is 0 Å². The number of anilines is 4. The zero-order chi connectivity index (χ0) is 40.9. The second-order valence-corrected chi connectivity index (χ2v) is 15.4. The summed E-state index contributed by atoms with van der Waals surface area (Å²) in [6.07, 6.45) is 2.63. The van der Waals surface area contributed by atoms with Gasteiger partial charge in [-0.25, -0.2) is 14.7 Å². The lowest BCUT2D eigenvalue weighted by Gasteiger charge is -2.36. The topological polar surface area (TPSA) is 122 Å². The van der Waals surface area contributed by atoms with E-state index in [0.29, 0.717) is 41.8 Å². The van der Waals surface area contributed by atoms with E-state index in [1.54, 1.807) is 55.8 Å². The highest BCUT2D eigenvalue weighted by atomic mass is 35.5. The summed E-state index contributed by atoms with van der Waals surface area (Å²) < 4.78 is 18.6. The number of likely N-dealkylation sites (N-methyl/N-ethyl adjacent to an activating group) is 1. The van der Waals surface area contributed by atoms with Crippen molar-refractivity contribution in [2.24, 2.45) is 0 Å². The minimum Gasteiger partial charge on any atom is -0.495 e. The number of halogens is 2. The quantitative estimate of drug-likeness (QED) is 0.135. The van der Waals surface area contributed by atoms with Gasteiger partial charge in [0.2, 0.25) is 5.91 Å². The third kappa shape index (κ3) is 9.40. The standard InChI is InChI=1S/C41H51Cl2N7O6/c1-10-35(51)45-29-22-27(48-19-17-47(11-2)18-20-48)13-14-30(29)50(40(53)56-41(3,4)5)34-23-31-26(25-44-34)21-28(39(52)49(31)16-12-15-46(6)7)36-37(42)32(54-8)24-33(55-9)38(36)43/h10,13-14,21-25H,1,11-12,15-20H2,2-9H3,(H,45,51). The van der Waals surface area contributed by atoms with Crippen molar-refractivity contribution in [1.82, 2.24) is 19.4 Å². The number of hydrogen-bond acceptors (Lipinski definition) is 10. The maximum atomic E-state index is 14.6. The fourth-order valence-corrected chi connectivity index (χ4v) is 7.30. The molecule has 0 spiro atoms. The van der Waals surface area contributed by atoms with E-state index < -0.39 is 17.6 Å². The Balaban J connectivity index is 1.74. The van der Waals surface area contributed by atoms with Gasteiger partial charge in [0.05, 0.1) is 46.7 Å². The molecule has 56 heavy (non-hydrogen) atoms. The Labute approximate surface area is 338 Å². The highest BCUT2D eigenvalue weighted by molar-refractivity contribution is 6.41. The van der Waals surface area contributed by atoms with E-state index in [1.165, 1.54) is 25.2 Å². The van der Waals surface area contributed by atoms with Crippen LogP contribution < -0.4 is 30.1 Å². The van der Waals surface area contributed by atoms with Crippen LogP contribution in [0, 0.1) is 0 Å². The van der Waals surface area contributed by atoms with Crippen molar-refractivity contribution < 1.29 is 23.8 Å². The molecule has 1 aliphatic heterocycles. The molecular formula is C41H51Cl2N7O6. The van der Waals surface area contributed by atoms with Crippen LogP contribution in [0.1, 0.15) is 34.1 Å². The Hall–Kier alpha value is -4.82. The molecule has 4 aromatic rings. The number of fused-ring (bicyclic) bond motifs is 1. The van der Waals surface area contributed by atoms with Crippen molar-refractivity contribution in [3.8, 4) is 22.6 Å². The Morgan fingerprint density at radius 1 is 1.00 bits per heavy atom. The average Bonchev–Trinajstić information content (AvgIpc) is 3.16. The van der Waals surface area contributed by atoms with E-state index in [9.17, 15) is 14.4 Å². The molecule has 300 valence electrons. The predicted octanol–water partition coefficient (Wildman–Crippen LogP) is 7.68. The van der Waals surface area contributed by atoms with Gasteiger partial charge in [-0.15, -0.1) is 0 Å². The highest BCUT2D eigenvalue weighted by Crippen LogP contribution is 2.46. The first-order valence-corrected chi connectivity index (χ1v) is 19.2. The Morgan fingerprint density at radius 2 is 1.66 bits per heavy atom. The number of nitrogens with one attached hydrogen (secondary N) is 1. The van der Waals surface area contributed by atoms with Crippen LogP contribution in [0.5, 0.6) is 11.5 Å². The lowest BCUT2D eigenvalue weighted by atomic mass is 10.0. The summed E-state index contributed by atoms with van der Waals surface area (Å²) >= 11 is 13.6. The molecule has 0 radical (unpaired) electrons. The Kier molecular flexibility index (Phi) is 13.6. The van der Waals surface area contributed by atoms with Gasteiger partial charge in [0.25, 0.3) is 5.56 Å². The average molecular weight is 809 g/mol. The van der Waals surface area contributed by atoms with Crippen LogP contribution in [-0.4, -0.2) is 105 Å². The number of amides is 2. The summed E-state index contributed by atoms with van der Waals surface area (Å²) in [5, 5.41) is 3.78. The highest BCUT2D eigenvalue weighted by Gasteiger charge is 2.30. The van der Waals surface area contributed by atoms with Gasteiger partial charge in [-0.2, -0.15) is 0 Å². The molecule has 13 nitrogen and oxygen atoms in total. The third-order valence-corrected chi connectivity index (χ3v) is 10.2. The minimum atomic E-state index is -0.880. The van der Waals surface area contributed by atoms with Crippen LogP contribution in [0.15, 0.2) is 60.0 Å². The number of aryl methyl sites for hydroxylation is 1. The largest absolute Gasteiger partial charge is 0.495 e. The molecule has 0 saturated carbocycles. The van der Waals surface area contributed by atoms with E-state index in [1.807, 2.05) is 31.1 Å². The normalized spacial score (nSPS) is 13.5. The van der Waals surface area contributed by atoms with Crippen LogP contribution in [-0.2, 0) is 16.1 Å². The van der Waals surface area contributed by atoms with Crippen LogP contribution >= 0.6 is 23.2 Å². The number of carbonyl (C=O) groups excluding carboxylic acids is 2. The SMILES string of the molecule is C=CC(=O)Nc1cc(N2CCN(CC)CC2)ccc1N(C(=O)OC(C)(C)C)c1cc2c(cn1)cc(-c1c(Cl)c(OC)cc(OC)c1Cl)c(=O)n2CCCN(C)C. The summed E-state index contributed by atoms with van der Waals surface area (Å²) in [7, 11) is 6.85. The molecule has 1 aliphatic rings. The van der Waals surface area contributed by atoms with Crippen molar-refractivity contribution in [2.75, 3.05) is 82.7 Å². The van der Waals surface area contributed by atoms with E-state index in [0.717, 1.165) is 38.4 Å².